The molecule has 3 N–H and O–H groups in total. The summed E-state index contributed by atoms with van der Waals surface area (Å²) in [6, 6.07) is 7.50. The normalized spacial score (nSPS) is 12.1. The van der Waals surface area contributed by atoms with E-state index in [-0.39, 0.29) is 0 Å². The van der Waals surface area contributed by atoms with Crippen LogP contribution in [0.2, 0.25) is 0 Å². The van der Waals surface area contributed by atoms with Crippen LogP contribution >= 0.6 is 0 Å². The number of nitrogens with zero attached hydrogens (tertiary/aromatic N) is 2. The molecule has 94 valence electrons. The summed E-state index contributed by atoms with van der Waals surface area (Å²) >= 11 is 0. The Morgan fingerprint density at radius 1 is 1.28 bits per heavy atom. The molecule has 0 spiro atoms. The number of rotatable bonds is 3. The molecule has 2 rings (SSSR count). The average molecular weight is 262 g/mol. The molecule has 2 aromatic rings. The van der Waals surface area contributed by atoms with Crippen molar-refractivity contribution in [2.24, 2.45) is 0 Å². The maximum Gasteiger partial charge on any atom is 0.144 e. The zero-order valence-electron chi connectivity index (χ0n) is 10.2. The van der Waals surface area contributed by atoms with Crippen LogP contribution < -0.4 is 10.5 Å². The Morgan fingerprint density at radius 2 is 1.94 bits per heavy atom. The number of hydrogen-bond donors (Lipinski definition) is 2. The molecule has 5 nitrogen and oxygen atoms in total. The van der Waals surface area contributed by atoms with E-state index >= 15 is 0 Å². The fourth-order valence-electron chi connectivity index (χ4n) is 1.51. The summed E-state index contributed by atoms with van der Waals surface area (Å²) in [5.74, 6) is 0.443. The fraction of sp³-hybridized carbons (Fsp3) is 0.167. The van der Waals surface area contributed by atoms with E-state index in [2.05, 4.69) is 14.7 Å². The van der Waals surface area contributed by atoms with Gasteiger partial charge in [0.05, 0.1) is 17.6 Å². The third-order valence-corrected chi connectivity index (χ3v) is 2.95. The molecule has 18 heavy (non-hydrogen) atoms. The Hall–Kier alpha value is -1.95. The smallest absolute Gasteiger partial charge is 0.144 e. The second-order valence-electron chi connectivity index (χ2n) is 3.86. The van der Waals surface area contributed by atoms with Gasteiger partial charge in [0.25, 0.3) is 0 Å². The summed E-state index contributed by atoms with van der Waals surface area (Å²) in [6.45, 7) is 1.82. The van der Waals surface area contributed by atoms with Crippen molar-refractivity contribution in [1.29, 1.82) is 0 Å². The lowest BCUT2D eigenvalue weighted by molar-refractivity contribution is 0.690. The Kier molecular flexibility index (Phi) is 3.57. The molecule has 0 saturated carbocycles. The molecule has 1 heterocycles. The number of aromatic nitrogens is 2. The first kappa shape index (κ1) is 12.5. The van der Waals surface area contributed by atoms with Crippen molar-refractivity contribution >= 4 is 22.5 Å². The third-order valence-electron chi connectivity index (χ3n) is 2.43. The van der Waals surface area contributed by atoms with Gasteiger partial charge in [-0.15, -0.1) is 0 Å². The van der Waals surface area contributed by atoms with Crippen LogP contribution in [-0.4, -0.2) is 20.4 Å². The van der Waals surface area contributed by atoms with Gasteiger partial charge in [0.15, 0.2) is 0 Å². The minimum atomic E-state index is -1.07. The molecule has 0 aliphatic rings. The highest BCUT2D eigenvalue weighted by molar-refractivity contribution is 7.85. The molecule has 0 amide bonds. The highest BCUT2D eigenvalue weighted by atomic mass is 32.2. The van der Waals surface area contributed by atoms with Crippen molar-refractivity contribution in [3.63, 3.8) is 0 Å². The minimum absolute atomic E-state index is 0.443. The van der Waals surface area contributed by atoms with Crippen LogP contribution in [0.5, 0.6) is 0 Å². The molecule has 0 aliphatic heterocycles. The van der Waals surface area contributed by atoms with Crippen LogP contribution in [-0.2, 0) is 11.0 Å². The van der Waals surface area contributed by atoms with Crippen LogP contribution in [0, 0.1) is 6.92 Å². The molecule has 0 fully saturated rings. The average Bonchev–Trinajstić information content (AvgIpc) is 2.33. The quantitative estimate of drug-likeness (QED) is 0.882. The van der Waals surface area contributed by atoms with E-state index in [4.69, 9.17) is 5.73 Å². The van der Waals surface area contributed by atoms with Gasteiger partial charge in [0.2, 0.25) is 0 Å². The summed E-state index contributed by atoms with van der Waals surface area (Å²) in [5.41, 5.74) is 8.86. The maximum atomic E-state index is 11.0. The van der Waals surface area contributed by atoms with Gasteiger partial charge in [0.1, 0.15) is 16.8 Å². The molecule has 1 aromatic carbocycles. The van der Waals surface area contributed by atoms with E-state index in [0.29, 0.717) is 11.5 Å². The molecule has 1 atom stereocenters. The fourth-order valence-corrected chi connectivity index (χ4v) is 1.97. The van der Waals surface area contributed by atoms with Crippen LogP contribution in [0.1, 0.15) is 5.69 Å². The van der Waals surface area contributed by atoms with Crippen molar-refractivity contribution in [2.75, 3.05) is 16.7 Å². The Morgan fingerprint density at radius 3 is 2.50 bits per heavy atom. The molecule has 0 radical (unpaired) electrons. The van der Waals surface area contributed by atoms with Gasteiger partial charge in [-0.2, -0.15) is 0 Å². The minimum Gasteiger partial charge on any atom is -0.382 e. The standard InChI is InChI=1S/C12H14N4OS/c1-8-12(13)14-7-11(15-8)9-3-5-10(6-4-9)16-18(2)17/h3-7,16H,1-2H3,(H2,13,14). The van der Waals surface area contributed by atoms with Crippen molar-refractivity contribution in [1.82, 2.24) is 9.97 Å². The first-order valence-electron chi connectivity index (χ1n) is 5.36. The van der Waals surface area contributed by atoms with E-state index in [1.807, 2.05) is 31.2 Å². The zero-order valence-corrected chi connectivity index (χ0v) is 11.0. The number of nitrogens with two attached hydrogens (primary N) is 1. The van der Waals surface area contributed by atoms with Crippen LogP contribution in [0.4, 0.5) is 11.5 Å². The highest BCUT2D eigenvalue weighted by Gasteiger charge is 2.03. The second kappa shape index (κ2) is 5.14. The van der Waals surface area contributed by atoms with Crippen LogP contribution in [0.25, 0.3) is 11.3 Å². The number of anilines is 2. The summed E-state index contributed by atoms with van der Waals surface area (Å²) < 4.78 is 13.8. The lowest BCUT2D eigenvalue weighted by Crippen LogP contribution is -2.01. The second-order valence-corrected chi connectivity index (χ2v) is 4.97. The van der Waals surface area contributed by atoms with Gasteiger partial charge in [-0.05, 0) is 19.1 Å². The molecular formula is C12H14N4OS. The van der Waals surface area contributed by atoms with Crippen molar-refractivity contribution in [2.45, 2.75) is 6.92 Å². The van der Waals surface area contributed by atoms with Crippen LogP contribution in [0.3, 0.4) is 0 Å². The summed E-state index contributed by atoms with van der Waals surface area (Å²) in [4.78, 5) is 8.44. The monoisotopic (exact) mass is 262 g/mol. The highest BCUT2D eigenvalue weighted by Crippen LogP contribution is 2.20. The van der Waals surface area contributed by atoms with Gasteiger partial charge >= 0.3 is 0 Å². The Balaban J connectivity index is 2.28. The van der Waals surface area contributed by atoms with Gasteiger partial charge in [-0.25, -0.2) is 14.2 Å². The summed E-state index contributed by atoms with van der Waals surface area (Å²) in [7, 11) is -1.07. The molecule has 1 aromatic heterocycles. The lowest BCUT2D eigenvalue weighted by atomic mass is 10.1. The van der Waals surface area contributed by atoms with Crippen LogP contribution in [0.15, 0.2) is 30.5 Å². The number of hydrogen-bond acceptors (Lipinski definition) is 4. The first-order chi connectivity index (χ1) is 8.56. The van der Waals surface area contributed by atoms with E-state index in [1.165, 1.54) is 0 Å². The first-order valence-corrected chi connectivity index (χ1v) is 6.91. The van der Waals surface area contributed by atoms with E-state index in [1.54, 1.807) is 12.5 Å². The summed E-state index contributed by atoms with van der Waals surface area (Å²) in [5, 5.41) is 0. The molecule has 0 aliphatic carbocycles. The number of benzene rings is 1. The van der Waals surface area contributed by atoms with Gasteiger partial charge < -0.3 is 10.5 Å². The summed E-state index contributed by atoms with van der Waals surface area (Å²) in [6.07, 6.45) is 3.23. The maximum absolute atomic E-state index is 11.0. The Labute approximate surface area is 108 Å². The molecule has 1 unspecified atom stereocenters. The molecule has 0 saturated heterocycles. The third kappa shape index (κ3) is 2.84. The number of nitrogens with one attached hydrogen (secondary N) is 1. The predicted molar refractivity (Wildman–Crippen MR) is 74.3 cm³/mol. The van der Waals surface area contributed by atoms with E-state index < -0.39 is 11.0 Å². The number of aryl methyl sites for hydroxylation is 1. The number of nitrogen functional groups attached to an aromatic ring is 1. The molecule has 0 bridgehead atoms. The van der Waals surface area contributed by atoms with E-state index in [9.17, 15) is 4.21 Å². The SMILES string of the molecule is Cc1nc(-c2ccc(NS(C)=O)cc2)cnc1N. The van der Waals surface area contributed by atoms with Crippen molar-refractivity contribution in [3.05, 3.63) is 36.2 Å². The van der Waals surface area contributed by atoms with Crippen molar-refractivity contribution < 1.29 is 4.21 Å². The lowest BCUT2D eigenvalue weighted by Gasteiger charge is -2.06. The predicted octanol–water partition coefficient (Wildman–Crippen LogP) is 1.74. The Bertz CT molecular complexity index is 583. The van der Waals surface area contributed by atoms with Gasteiger partial charge in [0, 0.05) is 17.5 Å². The zero-order chi connectivity index (χ0) is 13.1. The molecular weight excluding hydrogens is 248 g/mol. The van der Waals surface area contributed by atoms with Crippen molar-refractivity contribution in [3.8, 4) is 11.3 Å². The largest absolute Gasteiger partial charge is 0.382 e. The van der Waals surface area contributed by atoms with Gasteiger partial charge in [-0.1, -0.05) is 12.1 Å². The van der Waals surface area contributed by atoms with Gasteiger partial charge in [-0.3, -0.25) is 0 Å². The topological polar surface area (TPSA) is 80.9 Å². The molecule has 6 heteroatoms. The van der Waals surface area contributed by atoms with E-state index in [0.717, 1.165) is 16.9 Å².